The SMILES string of the molecule is Cc1c(C(=O)O)cc(N=[N+]=[N-])cc1N1CCN(C(=O)OCC2c3ccccc3-c3ccccc32)CC1. The third-order valence-electron chi connectivity index (χ3n) is 6.97. The van der Waals surface area contributed by atoms with Crippen LogP contribution in [0.1, 0.15) is 33.0 Å². The maximum Gasteiger partial charge on any atom is 0.409 e. The largest absolute Gasteiger partial charge is 0.478 e. The highest BCUT2D eigenvalue weighted by Gasteiger charge is 2.30. The molecule has 0 spiro atoms. The fourth-order valence-electron chi connectivity index (χ4n) is 5.16. The van der Waals surface area contributed by atoms with Crippen molar-refractivity contribution in [3.63, 3.8) is 0 Å². The summed E-state index contributed by atoms with van der Waals surface area (Å²) in [5.74, 6) is -1.08. The number of hydrogen-bond acceptors (Lipinski definition) is 5. The molecule has 0 unspecified atom stereocenters. The number of carboxylic acids is 1. The van der Waals surface area contributed by atoms with Crippen LogP contribution in [0, 0.1) is 6.92 Å². The van der Waals surface area contributed by atoms with Crippen LogP contribution in [0.2, 0.25) is 0 Å². The van der Waals surface area contributed by atoms with Gasteiger partial charge in [-0.2, -0.15) is 0 Å². The number of fused-ring (bicyclic) bond motifs is 3. The lowest BCUT2D eigenvalue weighted by molar-refractivity contribution is 0.0696. The van der Waals surface area contributed by atoms with Gasteiger partial charge in [-0.1, -0.05) is 53.6 Å². The number of piperazine rings is 1. The van der Waals surface area contributed by atoms with Crippen LogP contribution < -0.4 is 4.90 Å². The third-order valence-corrected chi connectivity index (χ3v) is 6.97. The van der Waals surface area contributed by atoms with Crippen molar-refractivity contribution in [2.45, 2.75) is 12.8 Å². The number of hydrogen-bond donors (Lipinski definition) is 1. The lowest BCUT2D eigenvalue weighted by Crippen LogP contribution is -2.49. The molecule has 1 saturated heterocycles. The van der Waals surface area contributed by atoms with E-state index < -0.39 is 5.97 Å². The molecule has 1 amide bonds. The number of aromatic carboxylic acids is 1. The van der Waals surface area contributed by atoms with Crippen molar-refractivity contribution in [3.05, 3.63) is 93.4 Å². The topological polar surface area (TPSA) is 119 Å². The summed E-state index contributed by atoms with van der Waals surface area (Å²) in [5.41, 5.74) is 15.1. The zero-order valence-corrected chi connectivity index (χ0v) is 19.8. The number of nitrogens with zero attached hydrogens (tertiary/aromatic N) is 5. The number of carbonyl (C=O) groups excluding carboxylic acids is 1. The van der Waals surface area contributed by atoms with E-state index in [0.29, 0.717) is 37.4 Å². The molecule has 9 nitrogen and oxygen atoms in total. The number of azide groups is 1. The molecule has 1 fully saturated rings. The van der Waals surface area contributed by atoms with Gasteiger partial charge in [-0.15, -0.1) is 0 Å². The molecule has 3 aromatic carbocycles. The molecule has 1 aliphatic heterocycles. The smallest absolute Gasteiger partial charge is 0.409 e. The van der Waals surface area contributed by atoms with Crippen molar-refractivity contribution < 1.29 is 19.4 Å². The van der Waals surface area contributed by atoms with E-state index in [2.05, 4.69) is 34.3 Å². The Morgan fingerprint density at radius 3 is 2.22 bits per heavy atom. The van der Waals surface area contributed by atoms with Crippen LogP contribution in [-0.4, -0.2) is 54.9 Å². The average Bonchev–Trinajstić information content (AvgIpc) is 3.22. The maximum atomic E-state index is 12.9. The Labute approximate surface area is 208 Å². The minimum Gasteiger partial charge on any atom is -0.478 e. The van der Waals surface area contributed by atoms with Gasteiger partial charge in [0, 0.05) is 48.4 Å². The van der Waals surface area contributed by atoms with Gasteiger partial charge in [0.15, 0.2) is 0 Å². The van der Waals surface area contributed by atoms with Gasteiger partial charge >= 0.3 is 12.1 Å². The van der Waals surface area contributed by atoms with Gasteiger partial charge in [0.05, 0.1) is 5.56 Å². The number of amides is 1. The zero-order valence-electron chi connectivity index (χ0n) is 19.8. The van der Waals surface area contributed by atoms with Crippen LogP contribution in [0.4, 0.5) is 16.2 Å². The Bertz CT molecular complexity index is 1350. The first kappa shape index (κ1) is 23.3. The molecule has 182 valence electrons. The average molecular weight is 484 g/mol. The van der Waals surface area contributed by atoms with Gasteiger partial charge in [0.25, 0.3) is 0 Å². The second-order valence-corrected chi connectivity index (χ2v) is 8.91. The maximum absolute atomic E-state index is 12.9. The van der Waals surface area contributed by atoms with Crippen LogP contribution in [-0.2, 0) is 4.74 Å². The Balaban J connectivity index is 1.25. The summed E-state index contributed by atoms with van der Waals surface area (Å²) in [4.78, 5) is 31.1. The summed E-state index contributed by atoms with van der Waals surface area (Å²) in [6.45, 7) is 3.88. The van der Waals surface area contributed by atoms with E-state index >= 15 is 0 Å². The number of ether oxygens (including phenoxy) is 1. The molecule has 0 atom stereocenters. The highest BCUT2D eigenvalue weighted by atomic mass is 16.6. The molecule has 1 aliphatic carbocycles. The first-order valence-corrected chi connectivity index (χ1v) is 11.8. The summed E-state index contributed by atoms with van der Waals surface area (Å²) in [6.07, 6.45) is -0.359. The summed E-state index contributed by atoms with van der Waals surface area (Å²) in [7, 11) is 0. The lowest BCUT2D eigenvalue weighted by atomic mass is 9.98. The minimum absolute atomic E-state index is 0.00292. The van der Waals surface area contributed by atoms with Crippen molar-refractivity contribution in [1.29, 1.82) is 0 Å². The van der Waals surface area contributed by atoms with E-state index in [1.807, 2.05) is 29.2 Å². The molecule has 1 N–H and O–H groups in total. The first-order chi connectivity index (χ1) is 17.5. The van der Waals surface area contributed by atoms with Crippen molar-refractivity contribution in [1.82, 2.24) is 4.90 Å². The quantitative estimate of drug-likeness (QED) is 0.283. The van der Waals surface area contributed by atoms with Crippen LogP contribution in [0.15, 0.2) is 65.8 Å². The molecular formula is C27H25N5O4. The second-order valence-electron chi connectivity index (χ2n) is 8.91. The van der Waals surface area contributed by atoms with E-state index in [4.69, 9.17) is 10.3 Å². The monoisotopic (exact) mass is 483 g/mol. The number of carboxylic acid groups (broad SMARTS) is 1. The van der Waals surface area contributed by atoms with E-state index in [0.717, 1.165) is 0 Å². The molecule has 0 bridgehead atoms. The van der Waals surface area contributed by atoms with Gasteiger partial charge < -0.3 is 19.6 Å². The number of rotatable bonds is 5. The number of benzene rings is 3. The standard InChI is InChI=1S/C27H25N5O4/c1-17-23(26(33)34)14-18(29-30-28)15-25(17)31-10-12-32(13-11-31)27(35)36-16-24-21-8-4-2-6-19(21)20-7-3-5-9-22(20)24/h2-9,14-15,24H,10-13,16H2,1H3,(H,33,34). The third kappa shape index (κ3) is 4.21. The summed E-state index contributed by atoms with van der Waals surface area (Å²) < 4.78 is 5.78. The summed E-state index contributed by atoms with van der Waals surface area (Å²) >= 11 is 0. The van der Waals surface area contributed by atoms with Gasteiger partial charge in [-0.05, 0) is 52.4 Å². The predicted molar refractivity (Wildman–Crippen MR) is 136 cm³/mol. The second kappa shape index (κ2) is 9.64. The van der Waals surface area contributed by atoms with Crippen LogP contribution in [0.5, 0.6) is 0 Å². The van der Waals surface area contributed by atoms with E-state index in [9.17, 15) is 14.7 Å². The van der Waals surface area contributed by atoms with Gasteiger partial charge in [-0.3, -0.25) is 0 Å². The highest BCUT2D eigenvalue weighted by molar-refractivity contribution is 5.93. The Hall–Kier alpha value is -4.49. The normalized spacial score (nSPS) is 14.6. The molecule has 1 heterocycles. The predicted octanol–water partition coefficient (Wildman–Crippen LogP) is 5.71. The van der Waals surface area contributed by atoms with Crippen molar-refractivity contribution in [3.8, 4) is 11.1 Å². The molecular weight excluding hydrogens is 458 g/mol. The minimum atomic E-state index is -1.08. The summed E-state index contributed by atoms with van der Waals surface area (Å²) in [5, 5.41) is 13.1. The molecule has 0 saturated carbocycles. The zero-order chi connectivity index (χ0) is 25.2. The molecule has 9 heteroatoms. The molecule has 0 aromatic heterocycles. The lowest BCUT2D eigenvalue weighted by Gasteiger charge is -2.36. The van der Waals surface area contributed by atoms with Gasteiger partial charge in [-0.25, -0.2) is 9.59 Å². The van der Waals surface area contributed by atoms with Crippen LogP contribution in [0.3, 0.4) is 0 Å². The van der Waals surface area contributed by atoms with Crippen molar-refractivity contribution in [2.75, 3.05) is 37.7 Å². The van der Waals surface area contributed by atoms with E-state index in [1.165, 1.54) is 28.3 Å². The number of carbonyl (C=O) groups is 2. The summed E-state index contributed by atoms with van der Waals surface area (Å²) in [6, 6.07) is 19.5. The van der Waals surface area contributed by atoms with Crippen LogP contribution in [0.25, 0.3) is 21.6 Å². The number of anilines is 1. The highest BCUT2D eigenvalue weighted by Crippen LogP contribution is 2.44. The fraction of sp³-hybridized carbons (Fsp3) is 0.259. The van der Waals surface area contributed by atoms with E-state index in [-0.39, 0.29) is 29.9 Å². The molecule has 36 heavy (non-hydrogen) atoms. The first-order valence-electron chi connectivity index (χ1n) is 11.8. The van der Waals surface area contributed by atoms with Crippen molar-refractivity contribution in [2.24, 2.45) is 5.11 Å². The molecule has 2 aliphatic rings. The Morgan fingerprint density at radius 2 is 1.64 bits per heavy atom. The molecule has 3 aromatic rings. The van der Waals surface area contributed by atoms with Crippen molar-refractivity contribution >= 4 is 23.4 Å². The molecule has 5 rings (SSSR count). The Kier molecular flexibility index (Phi) is 6.23. The van der Waals surface area contributed by atoms with Gasteiger partial charge in [0.2, 0.25) is 0 Å². The Morgan fingerprint density at radius 1 is 1.03 bits per heavy atom. The van der Waals surface area contributed by atoms with E-state index in [1.54, 1.807) is 17.9 Å². The fourth-order valence-corrected chi connectivity index (χ4v) is 5.16. The van der Waals surface area contributed by atoms with Gasteiger partial charge in [0.1, 0.15) is 6.61 Å². The van der Waals surface area contributed by atoms with Crippen LogP contribution >= 0.6 is 0 Å². The molecule has 0 radical (unpaired) electrons.